The SMILES string of the molecule is Cc1ccc2c(c1)CC(C)(C(=O)Nc1ccc3ccccc3c1)OC2=O. The van der Waals surface area contributed by atoms with Crippen molar-refractivity contribution in [2.75, 3.05) is 5.32 Å². The lowest BCUT2D eigenvalue weighted by Crippen LogP contribution is -2.48. The Morgan fingerprint density at radius 2 is 1.81 bits per heavy atom. The molecule has 4 rings (SSSR count). The Labute approximate surface area is 151 Å². The highest BCUT2D eigenvalue weighted by Gasteiger charge is 2.42. The Kier molecular flexibility index (Phi) is 3.76. The van der Waals surface area contributed by atoms with Gasteiger partial charge in [0.25, 0.3) is 5.91 Å². The summed E-state index contributed by atoms with van der Waals surface area (Å²) in [6.07, 6.45) is 0.356. The van der Waals surface area contributed by atoms with Gasteiger partial charge in [-0.15, -0.1) is 0 Å². The zero-order chi connectivity index (χ0) is 18.3. The first-order valence-electron chi connectivity index (χ1n) is 8.58. The van der Waals surface area contributed by atoms with E-state index in [-0.39, 0.29) is 5.91 Å². The first-order chi connectivity index (χ1) is 12.4. The number of anilines is 1. The van der Waals surface area contributed by atoms with Gasteiger partial charge >= 0.3 is 5.97 Å². The Morgan fingerprint density at radius 1 is 1.04 bits per heavy atom. The van der Waals surface area contributed by atoms with E-state index in [0.29, 0.717) is 17.7 Å². The highest BCUT2D eigenvalue weighted by Crippen LogP contribution is 2.30. The number of esters is 1. The summed E-state index contributed by atoms with van der Waals surface area (Å²) in [5, 5.41) is 5.04. The fourth-order valence-corrected chi connectivity index (χ4v) is 3.38. The van der Waals surface area contributed by atoms with Crippen LogP contribution in [0, 0.1) is 6.92 Å². The lowest BCUT2D eigenvalue weighted by atomic mass is 9.88. The van der Waals surface area contributed by atoms with E-state index in [4.69, 9.17) is 4.74 Å². The van der Waals surface area contributed by atoms with Crippen molar-refractivity contribution < 1.29 is 14.3 Å². The second-order valence-corrected chi connectivity index (χ2v) is 6.97. The largest absolute Gasteiger partial charge is 0.445 e. The van der Waals surface area contributed by atoms with Gasteiger partial charge in [0.1, 0.15) is 0 Å². The number of carbonyl (C=O) groups is 2. The third-order valence-electron chi connectivity index (χ3n) is 4.81. The predicted octanol–water partition coefficient (Wildman–Crippen LogP) is 4.26. The molecule has 0 saturated carbocycles. The number of hydrogen-bond donors (Lipinski definition) is 1. The molecular weight excluding hydrogens is 326 g/mol. The number of fused-ring (bicyclic) bond motifs is 2. The summed E-state index contributed by atoms with van der Waals surface area (Å²) in [5.41, 5.74) is 1.88. The Hall–Kier alpha value is -3.14. The summed E-state index contributed by atoms with van der Waals surface area (Å²) >= 11 is 0. The number of carbonyl (C=O) groups excluding carboxylic acids is 2. The van der Waals surface area contributed by atoms with Crippen LogP contribution in [0.3, 0.4) is 0 Å². The number of aryl methyl sites for hydroxylation is 1. The molecule has 0 aromatic heterocycles. The molecule has 1 aliphatic rings. The van der Waals surface area contributed by atoms with Gasteiger partial charge in [-0.25, -0.2) is 4.79 Å². The van der Waals surface area contributed by atoms with Gasteiger partial charge in [-0.2, -0.15) is 0 Å². The third-order valence-corrected chi connectivity index (χ3v) is 4.81. The molecule has 0 bridgehead atoms. The van der Waals surface area contributed by atoms with Crippen LogP contribution < -0.4 is 5.32 Å². The summed E-state index contributed by atoms with van der Waals surface area (Å²) in [5.74, 6) is -0.782. The van der Waals surface area contributed by atoms with Crippen molar-refractivity contribution in [1.29, 1.82) is 0 Å². The van der Waals surface area contributed by atoms with Gasteiger partial charge in [0, 0.05) is 12.1 Å². The molecule has 4 heteroatoms. The number of rotatable bonds is 2. The number of ether oxygens (including phenoxy) is 1. The van der Waals surface area contributed by atoms with Gasteiger partial charge in [0.15, 0.2) is 5.60 Å². The van der Waals surface area contributed by atoms with Gasteiger partial charge in [-0.05, 0) is 48.4 Å². The van der Waals surface area contributed by atoms with E-state index in [2.05, 4.69) is 5.32 Å². The van der Waals surface area contributed by atoms with E-state index < -0.39 is 11.6 Å². The normalized spacial score (nSPS) is 18.9. The van der Waals surface area contributed by atoms with Crippen LogP contribution in [0.1, 0.15) is 28.4 Å². The summed E-state index contributed by atoms with van der Waals surface area (Å²) in [4.78, 5) is 25.2. The Balaban J connectivity index is 1.61. The van der Waals surface area contributed by atoms with Crippen molar-refractivity contribution in [2.45, 2.75) is 25.9 Å². The van der Waals surface area contributed by atoms with Crippen molar-refractivity contribution in [1.82, 2.24) is 0 Å². The minimum Gasteiger partial charge on any atom is -0.445 e. The van der Waals surface area contributed by atoms with Crippen molar-refractivity contribution >= 4 is 28.3 Å². The molecule has 1 atom stereocenters. The first-order valence-corrected chi connectivity index (χ1v) is 8.58. The quantitative estimate of drug-likeness (QED) is 0.706. The zero-order valence-corrected chi connectivity index (χ0v) is 14.7. The summed E-state index contributed by atoms with van der Waals surface area (Å²) in [6.45, 7) is 3.62. The molecule has 1 unspecified atom stereocenters. The third kappa shape index (κ3) is 2.84. The van der Waals surface area contributed by atoms with E-state index in [0.717, 1.165) is 21.9 Å². The van der Waals surface area contributed by atoms with Crippen LogP contribution >= 0.6 is 0 Å². The van der Waals surface area contributed by atoms with Crippen LogP contribution in [0.4, 0.5) is 5.69 Å². The molecule has 3 aromatic rings. The minimum atomic E-state index is -1.23. The number of hydrogen-bond acceptors (Lipinski definition) is 3. The van der Waals surface area contributed by atoms with Gasteiger partial charge in [-0.1, -0.05) is 48.0 Å². The van der Waals surface area contributed by atoms with Crippen LogP contribution in [-0.4, -0.2) is 17.5 Å². The van der Waals surface area contributed by atoms with Crippen LogP contribution in [0.2, 0.25) is 0 Å². The van der Waals surface area contributed by atoms with Crippen molar-refractivity contribution in [3.05, 3.63) is 77.4 Å². The molecule has 0 radical (unpaired) electrons. The molecule has 26 heavy (non-hydrogen) atoms. The second-order valence-electron chi connectivity index (χ2n) is 6.97. The standard InChI is InChI=1S/C22H19NO3/c1-14-7-10-19-17(11-14)13-22(2,26-20(19)24)21(25)23-18-9-8-15-5-3-4-6-16(15)12-18/h3-12H,13H2,1-2H3,(H,23,25). The molecule has 0 spiro atoms. The van der Waals surface area contributed by atoms with Gasteiger partial charge in [0.05, 0.1) is 5.56 Å². The minimum absolute atomic E-state index is 0.326. The van der Waals surface area contributed by atoms with E-state index in [1.807, 2.05) is 61.5 Å². The summed E-state index contributed by atoms with van der Waals surface area (Å²) < 4.78 is 5.51. The zero-order valence-electron chi connectivity index (χ0n) is 14.7. The Morgan fingerprint density at radius 3 is 2.62 bits per heavy atom. The molecule has 0 saturated heterocycles. The molecule has 3 aromatic carbocycles. The lowest BCUT2D eigenvalue weighted by Gasteiger charge is -2.33. The van der Waals surface area contributed by atoms with E-state index in [1.165, 1.54) is 0 Å². The van der Waals surface area contributed by atoms with Crippen molar-refractivity contribution in [2.24, 2.45) is 0 Å². The number of cyclic esters (lactones) is 1. The molecular formula is C22H19NO3. The maximum atomic E-state index is 12.9. The smallest absolute Gasteiger partial charge is 0.339 e. The molecule has 0 fully saturated rings. The topological polar surface area (TPSA) is 55.4 Å². The van der Waals surface area contributed by atoms with Gasteiger partial charge in [-0.3, -0.25) is 4.79 Å². The van der Waals surface area contributed by atoms with Crippen LogP contribution in [-0.2, 0) is 16.0 Å². The van der Waals surface area contributed by atoms with E-state index in [9.17, 15) is 9.59 Å². The predicted molar refractivity (Wildman–Crippen MR) is 101 cm³/mol. The number of benzene rings is 3. The van der Waals surface area contributed by atoms with Gasteiger partial charge < -0.3 is 10.1 Å². The first kappa shape index (κ1) is 16.3. The molecule has 4 nitrogen and oxygen atoms in total. The number of amides is 1. The highest BCUT2D eigenvalue weighted by atomic mass is 16.6. The molecule has 1 heterocycles. The Bertz CT molecular complexity index is 1040. The van der Waals surface area contributed by atoms with Gasteiger partial charge in [0.2, 0.25) is 0 Å². The lowest BCUT2D eigenvalue weighted by molar-refractivity contribution is -0.134. The van der Waals surface area contributed by atoms with E-state index in [1.54, 1.807) is 13.0 Å². The molecule has 130 valence electrons. The van der Waals surface area contributed by atoms with Crippen LogP contribution in [0.5, 0.6) is 0 Å². The highest BCUT2D eigenvalue weighted by molar-refractivity contribution is 6.03. The fourth-order valence-electron chi connectivity index (χ4n) is 3.38. The molecule has 1 aliphatic heterocycles. The van der Waals surface area contributed by atoms with Crippen molar-refractivity contribution in [3.63, 3.8) is 0 Å². The fraction of sp³-hybridized carbons (Fsp3) is 0.182. The molecule has 0 aliphatic carbocycles. The second kappa shape index (κ2) is 5.99. The van der Waals surface area contributed by atoms with Crippen molar-refractivity contribution in [3.8, 4) is 0 Å². The van der Waals surface area contributed by atoms with E-state index >= 15 is 0 Å². The summed E-state index contributed by atoms with van der Waals surface area (Å²) in [6, 6.07) is 19.2. The average molecular weight is 345 g/mol. The monoisotopic (exact) mass is 345 g/mol. The van der Waals surface area contributed by atoms with Crippen LogP contribution in [0.15, 0.2) is 60.7 Å². The maximum Gasteiger partial charge on any atom is 0.339 e. The molecule has 1 amide bonds. The summed E-state index contributed by atoms with van der Waals surface area (Å²) in [7, 11) is 0. The average Bonchev–Trinajstić information content (AvgIpc) is 2.61. The molecule has 1 N–H and O–H groups in total. The van der Waals surface area contributed by atoms with Crippen LogP contribution in [0.25, 0.3) is 10.8 Å². The maximum absolute atomic E-state index is 12.9. The number of nitrogens with one attached hydrogen (secondary N) is 1.